The monoisotopic (exact) mass is 513 g/mol. The summed E-state index contributed by atoms with van der Waals surface area (Å²) in [5.74, 6) is 0.544. The number of nitrogens with zero attached hydrogens (tertiary/aromatic N) is 1. The maximum atomic E-state index is 2.36. The molecule has 7 rings (SSSR count). The summed E-state index contributed by atoms with van der Waals surface area (Å²) in [5, 5.41) is 2.55. The number of fused-ring (bicyclic) bond motifs is 3. The van der Waals surface area contributed by atoms with Crippen LogP contribution in [0.1, 0.15) is 25.3 Å². The van der Waals surface area contributed by atoms with Crippen molar-refractivity contribution in [2.24, 2.45) is 0 Å². The van der Waals surface area contributed by atoms with Crippen LogP contribution in [0.4, 0.5) is 0 Å². The molecule has 0 aliphatic carbocycles. The van der Waals surface area contributed by atoms with Crippen molar-refractivity contribution in [3.8, 4) is 39.1 Å². The van der Waals surface area contributed by atoms with Gasteiger partial charge in [0.2, 0.25) is 0 Å². The predicted octanol–water partition coefficient (Wildman–Crippen LogP) is 10.9. The van der Waals surface area contributed by atoms with Gasteiger partial charge in [-0.3, -0.25) is 0 Å². The Kier molecular flexibility index (Phi) is 6.06. The van der Waals surface area contributed by atoms with Crippen molar-refractivity contribution < 1.29 is 0 Å². The van der Waals surface area contributed by atoms with Gasteiger partial charge in [-0.2, -0.15) is 0 Å². The van der Waals surface area contributed by atoms with E-state index in [-0.39, 0.29) is 0 Å². The minimum absolute atomic E-state index is 0.544. The molecule has 40 heavy (non-hydrogen) atoms. The molecule has 1 aromatic heterocycles. The molecule has 0 atom stereocenters. The Morgan fingerprint density at radius 3 is 1.57 bits per heavy atom. The SMILES string of the molecule is CC(C)c1ccc(-c2cccc(-c3ccc(-c4ccc5c(c4)c4ccccc4n5-c4ccccc4)cc3)c2)cc1. The summed E-state index contributed by atoms with van der Waals surface area (Å²) in [6.45, 7) is 4.47. The van der Waals surface area contributed by atoms with E-state index in [1.54, 1.807) is 0 Å². The highest BCUT2D eigenvalue weighted by molar-refractivity contribution is 6.10. The van der Waals surface area contributed by atoms with Gasteiger partial charge in [-0.05, 0) is 81.3 Å². The van der Waals surface area contributed by atoms with Crippen LogP contribution in [0.3, 0.4) is 0 Å². The van der Waals surface area contributed by atoms with Crippen molar-refractivity contribution in [3.05, 3.63) is 151 Å². The van der Waals surface area contributed by atoms with Gasteiger partial charge in [-0.15, -0.1) is 0 Å². The molecule has 0 spiro atoms. The summed E-state index contributed by atoms with van der Waals surface area (Å²) in [6.07, 6.45) is 0. The molecular formula is C39H31N. The van der Waals surface area contributed by atoms with Gasteiger partial charge in [0.15, 0.2) is 0 Å². The van der Waals surface area contributed by atoms with E-state index >= 15 is 0 Å². The average molecular weight is 514 g/mol. The zero-order chi connectivity index (χ0) is 27.1. The molecule has 0 aliphatic heterocycles. The smallest absolute Gasteiger partial charge is 0.0541 e. The number of para-hydroxylation sites is 2. The predicted molar refractivity (Wildman–Crippen MR) is 171 cm³/mol. The summed E-state index contributed by atoms with van der Waals surface area (Å²) < 4.78 is 2.36. The van der Waals surface area contributed by atoms with Crippen LogP contribution in [0.2, 0.25) is 0 Å². The van der Waals surface area contributed by atoms with Gasteiger partial charge in [0.25, 0.3) is 0 Å². The fraction of sp³-hybridized carbons (Fsp3) is 0.0769. The highest BCUT2D eigenvalue weighted by Crippen LogP contribution is 2.35. The Labute approximate surface area is 236 Å². The Hall–Kier alpha value is -4.88. The fourth-order valence-electron chi connectivity index (χ4n) is 5.80. The lowest BCUT2D eigenvalue weighted by atomic mass is 9.95. The lowest BCUT2D eigenvalue weighted by Crippen LogP contribution is -1.92. The van der Waals surface area contributed by atoms with Gasteiger partial charge in [0, 0.05) is 16.5 Å². The summed E-state index contributed by atoms with van der Waals surface area (Å²) >= 11 is 0. The van der Waals surface area contributed by atoms with E-state index in [0.29, 0.717) is 5.92 Å². The van der Waals surface area contributed by atoms with Crippen molar-refractivity contribution in [1.29, 1.82) is 0 Å². The van der Waals surface area contributed by atoms with E-state index in [1.807, 2.05) is 0 Å². The first-order valence-corrected chi connectivity index (χ1v) is 14.1. The second kappa shape index (κ2) is 10.0. The van der Waals surface area contributed by atoms with E-state index in [9.17, 15) is 0 Å². The zero-order valence-corrected chi connectivity index (χ0v) is 22.9. The third kappa shape index (κ3) is 4.30. The molecule has 6 aromatic carbocycles. The first-order valence-electron chi connectivity index (χ1n) is 14.1. The Balaban J connectivity index is 1.23. The molecule has 0 amide bonds. The molecule has 1 heteroatoms. The molecule has 0 bridgehead atoms. The number of aromatic nitrogens is 1. The molecule has 192 valence electrons. The lowest BCUT2D eigenvalue weighted by molar-refractivity contribution is 0.867. The van der Waals surface area contributed by atoms with Gasteiger partial charge in [-0.1, -0.05) is 123 Å². The van der Waals surface area contributed by atoms with Gasteiger partial charge >= 0.3 is 0 Å². The normalized spacial score (nSPS) is 11.5. The molecule has 0 N–H and O–H groups in total. The molecule has 0 radical (unpaired) electrons. The van der Waals surface area contributed by atoms with Crippen LogP contribution in [0.5, 0.6) is 0 Å². The molecule has 0 fully saturated rings. The van der Waals surface area contributed by atoms with Gasteiger partial charge < -0.3 is 4.57 Å². The number of benzene rings is 6. The van der Waals surface area contributed by atoms with Crippen LogP contribution in [-0.2, 0) is 0 Å². The van der Waals surface area contributed by atoms with Crippen LogP contribution in [0, 0.1) is 0 Å². The molecular weight excluding hydrogens is 482 g/mol. The molecule has 0 saturated carbocycles. The standard InChI is InChI=1S/C39H31N/c1-27(2)28-15-17-29(18-16-28)32-9-8-10-33(25-32)30-19-21-31(22-20-30)34-23-24-39-37(26-34)36-13-6-7-14-38(36)40(39)35-11-4-3-5-12-35/h3-27H,1-2H3. The van der Waals surface area contributed by atoms with Gasteiger partial charge in [0.05, 0.1) is 11.0 Å². The van der Waals surface area contributed by atoms with Crippen molar-refractivity contribution in [1.82, 2.24) is 4.57 Å². The largest absolute Gasteiger partial charge is 0.309 e. The van der Waals surface area contributed by atoms with Crippen LogP contribution in [0.25, 0.3) is 60.9 Å². The van der Waals surface area contributed by atoms with Crippen molar-refractivity contribution in [2.75, 3.05) is 0 Å². The Morgan fingerprint density at radius 1 is 0.400 bits per heavy atom. The third-order valence-corrected chi connectivity index (χ3v) is 8.01. The van der Waals surface area contributed by atoms with Crippen molar-refractivity contribution >= 4 is 21.8 Å². The van der Waals surface area contributed by atoms with Gasteiger partial charge in [-0.25, -0.2) is 0 Å². The maximum absolute atomic E-state index is 2.36. The Bertz CT molecular complexity index is 1940. The first-order chi connectivity index (χ1) is 19.7. The molecule has 0 aliphatic rings. The maximum Gasteiger partial charge on any atom is 0.0541 e. The lowest BCUT2D eigenvalue weighted by Gasteiger charge is -2.10. The number of hydrogen-bond acceptors (Lipinski definition) is 0. The summed E-state index contributed by atoms with van der Waals surface area (Å²) in [7, 11) is 0. The fourth-order valence-corrected chi connectivity index (χ4v) is 5.80. The number of hydrogen-bond donors (Lipinski definition) is 0. The van der Waals surface area contributed by atoms with E-state index in [1.165, 1.54) is 66.4 Å². The Morgan fingerprint density at radius 2 is 0.925 bits per heavy atom. The topological polar surface area (TPSA) is 4.93 Å². The summed E-state index contributed by atoms with van der Waals surface area (Å²) in [4.78, 5) is 0. The van der Waals surface area contributed by atoms with E-state index in [4.69, 9.17) is 0 Å². The van der Waals surface area contributed by atoms with Crippen molar-refractivity contribution in [3.63, 3.8) is 0 Å². The van der Waals surface area contributed by atoms with Crippen LogP contribution in [-0.4, -0.2) is 4.57 Å². The second-order valence-electron chi connectivity index (χ2n) is 10.9. The molecule has 0 unspecified atom stereocenters. The van der Waals surface area contributed by atoms with E-state index < -0.39 is 0 Å². The number of rotatable bonds is 5. The van der Waals surface area contributed by atoms with E-state index in [0.717, 1.165) is 0 Å². The average Bonchev–Trinajstić information content (AvgIpc) is 3.35. The second-order valence-corrected chi connectivity index (χ2v) is 10.9. The third-order valence-electron chi connectivity index (χ3n) is 8.01. The molecule has 1 heterocycles. The summed E-state index contributed by atoms with van der Waals surface area (Å²) in [6, 6.07) is 53.0. The molecule has 0 saturated heterocycles. The van der Waals surface area contributed by atoms with Gasteiger partial charge in [0.1, 0.15) is 0 Å². The van der Waals surface area contributed by atoms with E-state index in [2.05, 4.69) is 164 Å². The minimum atomic E-state index is 0.544. The zero-order valence-electron chi connectivity index (χ0n) is 22.9. The highest BCUT2D eigenvalue weighted by atomic mass is 15.0. The molecule has 1 nitrogen and oxygen atoms in total. The summed E-state index contributed by atoms with van der Waals surface area (Å²) in [5.41, 5.74) is 12.4. The quantitative estimate of drug-likeness (QED) is 0.216. The minimum Gasteiger partial charge on any atom is -0.309 e. The molecule has 7 aromatic rings. The first kappa shape index (κ1) is 24.2. The van der Waals surface area contributed by atoms with Crippen LogP contribution < -0.4 is 0 Å². The van der Waals surface area contributed by atoms with Crippen LogP contribution in [0.15, 0.2) is 146 Å². The van der Waals surface area contributed by atoms with Crippen molar-refractivity contribution in [2.45, 2.75) is 19.8 Å². The highest BCUT2D eigenvalue weighted by Gasteiger charge is 2.13. The van der Waals surface area contributed by atoms with Crippen LogP contribution >= 0.6 is 0 Å².